The molecule has 0 radical (unpaired) electrons. The number of thioether (sulfide) groups is 1. The Morgan fingerprint density at radius 3 is 2.44 bits per heavy atom. The third-order valence-electron chi connectivity index (χ3n) is 4.44. The van der Waals surface area contributed by atoms with Crippen LogP contribution in [0.5, 0.6) is 0 Å². The predicted molar refractivity (Wildman–Crippen MR) is 108 cm³/mol. The molecule has 1 fully saturated rings. The van der Waals surface area contributed by atoms with E-state index >= 15 is 0 Å². The second-order valence-electron chi connectivity index (χ2n) is 7.69. The molecule has 6 heteroatoms. The van der Waals surface area contributed by atoms with E-state index in [1.165, 1.54) is 17.8 Å². The monoisotopic (exact) mass is 386 g/mol. The largest absolute Gasteiger partial charge is 0.326 e. The summed E-state index contributed by atoms with van der Waals surface area (Å²) in [4.78, 5) is 26.1. The molecule has 27 heavy (non-hydrogen) atoms. The first-order valence-corrected chi connectivity index (χ1v) is 9.83. The summed E-state index contributed by atoms with van der Waals surface area (Å²) >= 11 is 1.51. The highest BCUT2D eigenvalue weighted by atomic mass is 32.2. The maximum atomic E-state index is 14.0. The number of nitrogens with one attached hydrogen (secondary N) is 1. The lowest BCUT2D eigenvalue weighted by atomic mass is 9.95. The molecule has 0 saturated carbocycles. The molecule has 0 aromatic heterocycles. The minimum Gasteiger partial charge on any atom is -0.326 e. The van der Waals surface area contributed by atoms with Crippen molar-refractivity contribution in [1.29, 1.82) is 0 Å². The van der Waals surface area contributed by atoms with Gasteiger partial charge in [0.15, 0.2) is 0 Å². The van der Waals surface area contributed by atoms with Crippen LogP contribution in [0.25, 0.3) is 0 Å². The molecular formula is C21H23FN2O2S. The molecule has 0 bridgehead atoms. The number of halogens is 1. The lowest BCUT2D eigenvalue weighted by Gasteiger charge is -2.25. The molecule has 2 amide bonds. The molecule has 142 valence electrons. The lowest BCUT2D eigenvalue weighted by molar-refractivity contribution is -0.123. The van der Waals surface area contributed by atoms with Crippen molar-refractivity contribution in [2.24, 2.45) is 5.41 Å². The van der Waals surface area contributed by atoms with Crippen LogP contribution in [0.2, 0.25) is 0 Å². The van der Waals surface area contributed by atoms with Crippen molar-refractivity contribution < 1.29 is 14.0 Å². The summed E-state index contributed by atoms with van der Waals surface area (Å²) in [7, 11) is 0. The topological polar surface area (TPSA) is 49.4 Å². The third-order valence-corrected chi connectivity index (χ3v) is 5.65. The Labute approximate surface area is 163 Å². The van der Waals surface area contributed by atoms with Crippen LogP contribution < -0.4 is 10.2 Å². The Kier molecular flexibility index (Phi) is 5.29. The molecule has 1 saturated heterocycles. The molecule has 3 rings (SSSR count). The van der Waals surface area contributed by atoms with Crippen molar-refractivity contribution in [3.05, 3.63) is 59.4 Å². The van der Waals surface area contributed by atoms with Crippen LogP contribution in [0.4, 0.5) is 15.8 Å². The number of amides is 2. The van der Waals surface area contributed by atoms with E-state index in [9.17, 15) is 14.0 Å². The first-order chi connectivity index (χ1) is 12.7. The zero-order valence-electron chi connectivity index (χ0n) is 15.9. The fourth-order valence-corrected chi connectivity index (χ4v) is 3.91. The van der Waals surface area contributed by atoms with Crippen molar-refractivity contribution in [3.8, 4) is 0 Å². The molecule has 0 spiro atoms. The Balaban J connectivity index is 1.83. The highest BCUT2D eigenvalue weighted by Gasteiger charge is 2.34. The summed E-state index contributed by atoms with van der Waals surface area (Å²) in [5.74, 6) is -0.0742. The highest BCUT2D eigenvalue weighted by Crippen LogP contribution is 2.42. The number of hydrogen-bond donors (Lipinski definition) is 1. The van der Waals surface area contributed by atoms with Gasteiger partial charge in [-0.3, -0.25) is 14.5 Å². The standard InChI is InChI=1S/C21H23FN2O2S/c1-13-5-10-16(11-17(13)22)24-18(25)12-27-19(24)14-6-8-15(9-7-14)23-20(26)21(2,3)4/h5-11,19H,12H2,1-4H3,(H,23,26)/t19-/m0/s1. The summed E-state index contributed by atoms with van der Waals surface area (Å²) in [6.07, 6.45) is 0. The number of hydrogen-bond acceptors (Lipinski definition) is 3. The molecule has 0 unspecified atom stereocenters. The van der Waals surface area contributed by atoms with Gasteiger partial charge in [-0.25, -0.2) is 4.39 Å². The van der Waals surface area contributed by atoms with Crippen molar-refractivity contribution in [3.63, 3.8) is 0 Å². The number of rotatable bonds is 3. The Hall–Kier alpha value is -2.34. The maximum absolute atomic E-state index is 14.0. The van der Waals surface area contributed by atoms with E-state index in [0.29, 0.717) is 22.7 Å². The van der Waals surface area contributed by atoms with Gasteiger partial charge in [0, 0.05) is 16.8 Å². The van der Waals surface area contributed by atoms with E-state index in [0.717, 1.165) is 5.56 Å². The van der Waals surface area contributed by atoms with Gasteiger partial charge in [0.1, 0.15) is 11.2 Å². The van der Waals surface area contributed by atoms with Gasteiger partial charge in [0.2, 0.25) is 11.8 Å². The van der Waals surface area contributed by atoms with Gasteiger partial charge in [0.25, 0.3) is 0 Å². The zero-order valence-corrected chi connectivity index (χ0v) is 16.7. The van der Waals surface area contributed by atoms with Gasteiger partial charge >= 0.3 is 0 Å². The van der Waals surface area contributed by atoms with E-state index in [1.807, 2.05) is 45.0 Å². The van der Waals surface area contributed by atoms with Gasteiger partial charge in [-0.1, -0.05) is 39.0 Å². The Morgan fingerprint density at radius 2 is 1.85 bits per heavy atom. The van der Waals surface area contributed by atoms with Gasteiger partial charge in [-0.2, -0.15) is 0 Å². The van der Waals surface area contributed by atoms with Gasteiger partial charge in [-0.15, -0.1) is 11.8 Å². The van der Waals surface area contributed by atoms with Crippen LogP contribution >= 0.6 is 11.8 Å². The van der Waals surface area contributed by atoms with E-state index in [-0.39, 0.29) is 23.0 Å². The molecule has 1 aliphatic heterocycles. The zero-order chi connectivity index (χ0) is 19.8. The Bertz CT molecular complexity index is 875. The SMILES string of the molecule is Cc1ccc(N2C(=O)CS[C@H]2c2ccc(NC(=O)C(C)(C)C)cc2)cc1F. The quantitative estimate of drug-likeness (QED) is 0.816. The highest BCUT2D eigenvalue weighted by molar-refractivity contribution is 8.00. The van der Waals surface area contributed by atoms with Crippen molar-refractivity contribution in [2.45, 2.75) is 33.1 Å². The van der Waals surface area contributed by atoms with Crippen LogP contribution in [0.3, 0.4) is 0 Å². The molecule has 1 heterocycles. The molecule has 1 atom stereocenters. The summed E-state index contributed by atoms with van der Waals surface area (Å²) < 4.78 is 14.0. The number of aryl methyl sites for hydroxylation is 1. The van der Waals surface area contributed by atoms with E-state index in [2.05, 4.69) is 5.32 Å². The van der Waals surface area contributed by atoms with Crippen LogP contribution in [0.1, 0.15) is 37.3 Å². The first-order valence-electron chi connectivity index (χ1n) is 8.78. The molecule has 0 aliphatic carbocycles. The van der Waals surface area contributed by atoms with Crippen LogP contribution in [0.15, 0.2) is 42.5 Å². The van der Waals surface area contributed by atoms with E-state index < -0.39 is 5.41 Å². The number of nitrogens with zero attached hydrogens (tertiary/aromatic N) is 1. The average Bonchev–Trinajstić information content (AvgIpc) is 2.99. The van der Waals surface area contributed by atoms with Gasteiger partial charge in [0.05, 0.1) is 5.75 Å². The van der Waals surface area contributed by atoms with Gasteiger partial charge < -0.3 is 5.32 Å². The first kappa shape index (κ1) is 19.4. The third kappa shape index (κ3) is 4.16. The van der Waals surface area contributed by atoms with Crippen LogP contribution in [-0.2, 0) is 9.59 Å². The van der Waals surface area contributed by atoms with E-state index in [1.54, 1.807) is 24.0 Å². The second kappa shape index (κ2) is 7.35. The molecule has 1 aliphatic rings. The van der Waals surface area contributed by atoms with Crippen molar-refractivity contribution in [2.75, 3.05) is 16.0 Å². The minimum atomic E-state index is -0.474. The smallest absolute Gasteiger partial charge is 0.238 e. The average molecular weight is 386 g/mol. The summed E-state index contributed by atoms with van der Waals surface area (Å²) in [5, 5.41) is 2.67. The fraction of sp³-hybridized carbons (Fsp3) is 0.333. The molecule has 2 aromatic carbocycles. The lowest BCUT2D eigenvalue weighted by Crippen LogP contribution is -2.28. The molecule has 2 aromatic rings. The number of carbonyl (C=O) groups is 2. The van der Waals surface area contributed by atoms with Crippen molar-refractivity contribution in [1.82, 2.24) is 0 Å². The van der Waals surface area contributed by atoms with Crippen molar-refractivity contribution >= 4 is 35.0 Å². The summed E-state index contributed by atoms with van der Waals surface area (Å²) in [6.45, 7) is 7.27. The molecule has 1 N–H and O–H groups in total. The normalized spacial score (nSPS) is 17.3. The van der Waals surface area contributed by atoms with Gasteiger partial charge in [-0.05, 0) is 42.3 Å². The minimum absolute atomic E-state index is 0.0432. The van der Waals surface area contributed by atoms with Crippen LogP contribution in [0, 0.1) is 18.2 Å². The summed E-state index contributed by atoms with van der Waals surface area (Å²) in [6, 6.07) is 12.3. The predicted octanol–water partition coefficient (Wildman–Crippen LogP) is 4.90. The number of benzene rings is 2. The van der Waals surface area contributed by atoms with E-state index in [4.69, 9.17) is 0 Å². The second-order valence-corrected chi connectivity index (χ2v) is 8.76. The maximum Gasteiger partial charge on any atom is 0.238 e. The number of carbonyl (C=O) groups excluding carboxylic acids is 2. The fourth-order valence-electron chi connectivity index (χ4n) is 2.73. The molecular weight excluding hydrogens is 363 g/mol. The molecule has 4 nitrogen and oxygen atoms in total. The Morgan fingerprint density at radius 1 is 1.19 bits per heavy atom. The van der Waals surface area contributed by atoms with Crippen LogP contribution in [-0.4, -0.2) is 17.6 Å². The number of anilines is 2. The summed E-state index contributed by atoms with van der Waals surface area (Å²) in [5.41, 5.74) is 2.27.